The molecule has 0 bridgehead atoms. The van der Waals surface area contributed by atoms with E-state index in [2.05, 4.69) is 0 Å². The Balaban J connectivity index is 0.000000336. The second-order valence-electron chi connectivity index (χ2n) is 2.35. The van der Waals surface area contributed by atoms with Crippen LogP contribution in [0.3, 0.4) is 0 Å². The maximum Gasteiger partial charge on any atom is 0.394 e. The van der Waals surface area contributed by atoms with Crippen molar-refractivity contribution in [1.29, 1.82) is 0 Å². The number of nitrogen functional groups attached to an aromatic ring is 2. The zero-order chi connectivity index (χ0) is 12.2. The van der Waals surface area contributed by atoms with Crippen molar-refractivity contribution in [2.45, 2.75) is 0 Å². The van der Waals surface area contributed by atoms with Gasteiger partial charge in [0.1, 0.15) is 0 Å². The summed E-state index contributed by atoms with van der Waals surface area (Å²) in [6.07, 6.45) is 0. The molecule has 0 aromatic heterocycles. The summed E-state index contributed by atoms with van der Waals surface area (Å²) in [4.78, 5) is 0. The Morgan fingerprint density at radius 1 is 1.07 bits per heavy atom. The Labute approximate surface area is 96.4 Å². The number of halogens is 2. The number of nitrogens with two attached hydrogens (primary N) is 2. The molecule has 0 aliphatic heterocycles. The summed E-state index contributed by atoms with van der Waals surface area (Å²) in [5, 5.41) is 0.787. The minimum atomic E-state index is -4.67. The zero-order valence-electron chi connectivity index (χ0n) is 7.18. The lowest BCUT2D eigenvalue weighted by Gasteiger charge is -2.00. The van der Waals surface area contributed by atoms with Crippen LogP contribution in [-0.2, 0) is 10.4 Å². The minimum absolute atomic E-state index is 0.373. The SMILES string of the molecule is Nc1cc(Cl)c(N)c(Cl)c1.O=S(=O)(O)O. The van der Waals surface area contributed by atoms with Crippen molar-refractivity contribution in [3.05, 3.63) is 22.2 Å². The molecule has 0 spiro atoms. The van der Waals surface area contributed by atoms with Gasteiger partial charge in [0.2, 0.25) is 0 Å². The quantitative estimate of drug-likeness (QED) is 0.420. The van der Waals surface area contributed by atoms with E-state index in [1.165, 1.54) is 0 Å². The first-order valence-corrected chi connectivity index (χ1v) is 5.46. The van der Waals surface area contributed by atoms with Crippen LogP contribution in [0.4, 0.5) is 11.4 Å². The summed E-state index contributed by atoms with van der Waals surface area (Å²) in [7, 11) is -4.67. The van der Waals surface area contributed by atoms with E-state index >= 15 is 0 Å². The highest BCUT2D eigenvalue weighted by Crippen LogP contribution is 2.29. The summed E-state index contributed by atoms with van der Waals surface area (Å²) in [5.41, 5.74) is 11.7. The molecule has 86 valence electrons. The summed E-state index contributed by atoms with van der Waals surface area (Å²) in [6, 6.07) is 3.12. The molecule has 0 aliphatic carbocycles. The van der Waals surface area contributed by atoms with E-state index in [1.807, 2.05) is 0 Å². The van der Waals surface area contributed by atoms with Crippen LogP contribution in [0.15, 0.2) is 12.1 Å². The third-order valence-electron chi connectivity index (χ3n) is 1.10. The van der Waals surface area contributed by atoms with Crippen molar-refractivity contribution in [2.75, 3.05) is 11.5 Å². The molecule has 1 aromatic carbocycles. The Morgan fingerprint density at radius 2 is 1.33 bits per heavy atom. The van der Waals surface area contributed by atoms with E-state index in [1.54, 1.807) is 12.1 Å². The summed E-state index contributed by atoms with van der Waals surface area (Å²) in [5.74, 6) is 0. The molecule has 6 nitrogen and oxygen atoms in total. The van der Waals surface area contributed by atoms with Crippen LogP contribution in [0.5, 0.6) is 0 Å². The summed E-state index contributed by atoms with van der Waals surface area (Å²) in [6.45, 7) is 0. The maximum atomic E-state index is 8.74. The van der Waals surface area contributed by atoms with E-state index in [9.17, 15) is 0 Å². The number of hydrogen-bond acceptors (Lipinski definition) is 4. The van der Waals surface area contributed by atoms with E-state index in [-0.39, 0.29) is 0 Å². The maximum absolute atomic E-state index is 8.74. The molecular formula is C6H8Cl2N2O4S. The molecule has 9 heteroatoms. The lowest BCUT2D eigenvalue weighted by atomic mass is 10.3. The molecule has 0 fully saturated rings. The van der Waals surface area contributed by atoms with Crippen molar-refractivity contribution in [1.82, 2.24) is 0 Å². The number of rotatable bonds is 0. The van der Waals surface area contributed by atoms with Crippen molar-refractivity contribution in [2.24, 2.45) is 0 Å². The van der Waals surface area contributed by atoms with Gasteiger partial charge in [-0.15, -0.1) is 0 Å². The van der Waals surface area contributed by atoms with E-state index < -0.39 is 10.4 Å². The lowest BCUT2D eigenvalue weighted by Crippen LogP contribution is -1.90. The predicted octanol–water partition coefficient (Wildman–Crippen LogP) is 1.51. The van der Waals surface area contributed by atoms with Crippen molar-refractivity contribution in [3.63, 3.8) is 0 Å². The average molecular weight is 275 g/mol. The van der Waals surface area contributed by atoms with Gasteiger partial charge in [0.15, 0.2) is 0 Å². The van der Waals surface area contributed by atoms with Crippen LogP contribution in [0, 0.1) is 0 Å². The van der Waals surface area contributed by atoms with E-state index in [0.29, 0.717) is 21.4 Å². The first kappa shape index (κ1) is 14.3. The average Bonchev–Trinajstić information content (AvgIpc) is 1.96. The highest BCUT2D eigenvalue weighted by molar-refractivity contribution is 7.79. The molecule has 0 aliphatic rings. The van der Waals surface area contributed by atoms with Crippen LogP contribution in [-0.4, -0.2) is 17.5 Å². The Kier molecular flexibility index (Phi) is 5.12. The molecule has 0 saturated heterocycles. The molecule has 0 amide bonds. The summed E-state index contributed by atoms with van der Waals surface area (Å²) >= 11 is 11.3. The molecule has 0 heterocycles. The molecule has 1 rings (SSSR count). The number of hydrogen-bond donors (Lipinski definition) is 4. The molecular weight excluding hydrogens is 267 g/mol. The van der Waals surface area contributed by atoms with Crippen molar-refractivity contribution < 1.29 is 17.5 Å². The van der Waals surface area contributed by atoms with Gasteiger partial charge in [-0.1, -0.05) is 23.2 Å². The van der Waals surface area contributed by atoms with Gasteiger partial charge in [-0.05, 0) is 12.1 Å². The van der Waals surface area contributed by atoms with Gasteiger partial charge in [0.05, 0.1) is 15.7 Å². The molecule has 0 saturated carbocycles. The molecule has 15 heavy (non-hydrogen) atoms. The molecule has 6 N–H and O–H groups in total. The van der Waals surface area contributed by atoms with Crippen LogP contribution < -0.4 is 11.5 Å². The van der Waals surface area contributed by atoms with Crippen LogP contribution in [0.2, 0.25) is 10.0 Å². The second kappa shape index (κ2) is 5.38. The normalized spacial score (nSPS) is 10.4. The molecule has 1 aromatic rings. The summed E-state index contributed by atoms with van der Waals surface area (Å²) < 4.78 is 31.6. The van der Waals surface area contributed by atoms with Gasteiger partial charge in [-0.25, -0.2) is 0 Å². The third-order valence-corrected chi connectivity index (χ3v) is 1.73. The Hall–Kier alpha value is -0.730. The van der Waals surface area contributed by atoms with Crippen molar-refractivity contribution >= 4 is 45.0 Å². The molecule has 0 radical (unpaired) electrons. The van der Waals surface area contributed by atoms with Gasteiger partial charge in [0.25, 0.3) is 0 Å². The monoisotopic (exact) mass is 274 g/mol. The van der Waals surface area contributed by atoms with Gasteiger partial charge in [0, 0.05) is 5.69 Å². The fourth-order valence-electron chi connectivity index (χ4n) is 0.604. The van der Waals surface area contributed by atoms with Crippen LogP contribution in [0.1, 0.15) is 0 Å². The van der Waals surface area contributed by atoms with Gasteiger partial charge in [-0.2, -0.15) is 8.42 Å². The van der Waals surface area contributed by atoms with E-state index in [0.717, 1.165) is 0 Å². The van der Waals surface area contributed by atoms with Gasteiger partial charge < -0.3 is 11.5 Å². The predicted molar refractivity (Wildman–Crippen MR) is 59.5 cm³/mol. The Bertz CT molecular complexity index is 417. The van der Waals surface area contributed by atoms with Crippen molar-refractivity contribution in [3.8, 4) is 0 Å². The number of anilines is 2. The second-order valence-corrected chi connectivity index (χ2v) is 4.06. The zero-order valence-corrected chi connectivity index (χ0v) is 9.51. The standard InChI is InChI=1S/C6H6Cl2N2.H2O4S/c7-4-1-3(9)2-5(8)6(4)10;1-5(2,3)4/h1-2H,9-10H2;(H2,1,2,3,4). The van der Waals surface area contributed by atoms with Crippen LogP contribution >= 0.6 is 23.2 Å². The van der Waals surface area contributed by atoms with Gasteiger partial charge >= 0.3 is 10.4 Å². The largest absolute Gasteiger partial charge is 0.399 e. The third kappa shape index (κ3) is 7.23. The first-order chi connectivity index (χ1) is 6.61. The molecule has 0 atom stereocenters. The topological polar surface area (TPSA) is 127 Å². The minimum Gasteiger partial charge on any atom is -0.399 e. The lowest BCUT2D eigenvalue weighted by molar-refractivity contribution is 0.381. The van der Waals surface area contributed by atoms with E-state index in [4.69, 9.17) is 52.2 Å². The highest BCUT2D eigenvalue weighted by atomic mass is 35.5. The van der Waals surface area contributed by atoms with Crippen LogP contribution in [0.25, 0.3) is 0 Å². The number of benzene rings is 1. The fraction of sp³-hybridized carbons (Fsp3) is 0. The van der Waals surface area contributed by atoms with Gasteiger partial charge in [-0.3, -0.25) is 9.11 Å². The smallest absolute Gasteiger partial charge is 0.394 e. The Morgan fingerprint density at radius 3 is 1.60 bits per heavy atom. The fourth-order valence-corrected chi connectivity index (χ4v) is 1.11. The first-order valence-electron chi connectivity index (χ1n) is 3.31. The highest BCUT2D eigenvalue weighted by Gasteiger charge is 2.01. The molecule has 0 unspecified atom stereocenters.